The lowest BCUT2D eigenvalue weighted by atomic mass is 10.2. The van der Waals surface area contributed by atoms with Gasteiger partial charge >= 0.3 is 0 Å². The summed E-state index contributed by atoms with van der Waals surface area (Å²) in [4.78, 5) is 23.2. The molecule has 2 aromatic rings. The molecule has 1 unspecified atom stereocenters. The van der Waals surface area contributed by atoms with E-state index in [2.05, 4.69) is 16.0 Å². The van der Waals surface area contributed by atoms with E-state index in [0.29, 0.717) is 11.4 Å². The lowest BCUT2D eigenvalue weighted by molar-refractivity contribution is -0.116. The van der Waals surface area contributed by atoms with Gasteiger partial charge in [-0.3, -0.25) is 9.59 Å². The Balaban J connectivity index is 1.98. The van der Waals surface area contributed by atoms with Crippen LogP contribution in [0.4, 0.5) is 21.5 Å². The molecule has 5 nitrogen and oxygen atoms in total. The second kappa shape index (κ2) is 7.59. The Morgan fingerprint density at radius 2 is 1.62 bits per heavy atom. The minimum absolute atomic E-state index is 0.145. The normalized spacial score (nSPS) is 11.5. The number of amides is 2. The predicted octanol–water partition coefficient (Wildman–Crippen LogP) is 3.53. The third-order valence-corrected chi connectivity index (χ3v) is 3.44. The van der Waals surface area contributed by atoms with Crippen LogP contribution < -0.4 is 16.0 Å². The number of carbonyl (C=O) groups is 2. The summed E-state index contributed by atoms with van der Waals surface area (Å²) in [5.74, 6) is -0.811. The van der Waals surface area contributed by atoms with Crippen molar-refractivity contribution in [1.82, 2.24) is 0 Å². The zero-order valence-electron chi connectivity index (χ0n) is 13.8. The van der Waals surface area contributed by atoms with E-state index in [1.807, 2.05) is 0 Å². The summed E-state index contributed by atoms with van der Waals surface area (Å²) in [5.41, 5.74) is 2.66. The minimum atomic E-state index is -0.515. The monoisotopic (exact) mass is 329 g/mol. The molecule has 0 fully saturated rings. The summed E-state index contributed by atoms with van der Waals surface area (Å²) in [6.07, 6.45) is 0. The molecule has 0 radical (unpaired) electrons. The highest BCUT2D eigenvalue weighted by molar-refractivity contribution is 5.97. The number of anilines is 3. The van der Waals surface area contributed by atoms with Crippen LogP contribution in [0.3, 0.4) is 0 Å². The molecule has 0 aromatic heterocycles. The lowest BCUT2D eigenvalue weighted by Gasteiger charge is -2.16. The zero-order chi connectivity index (χ0) is 17.7. The fourth-order valence-corrected chi connectivity index (χ4v) is 2.14. The van der Waals surface area contributed by atoms with Crippen molar-refractivity contribution in [2.24, 2.45) is 0 Å². The van der Waals surface area contributed by atoms with E-state index < -0.39 is 11.9 Å². The number of halogens is 1. The molecular weight excluding hydrogens is 309 g/mol. The molecule has 0 saturated carbocycles. The van der Waals surface area contributed by atoms with Gasteiger partial charge in [0.1, 0.15) is 11.9 Å². The topological polar surface area (TPSA) is 70.2 Å². The van der Waals surface area contributed by atoms with Crippen LogP contribution in [0.15, 0.2) is 42.5 Å². The molecule has 0 aliphatic carbocycles. The number of carbonyl (C=O) groups excluding carboxylic acids is 2. The van der Waals surface area contributed by atoms with Gasteiger partial charge in [0.2, 0.25) is 11.8 Å². The van der Waals surface area contributed by atoms with Gasteiger partial charge in [0, 0.05) is 24.0 Å². The molecule has 1 atom stereocenters. The van der Waals surface area contributed by atoms with Gasteiger partial charge < -0.3 is 16.0 Å². The Bertz CT molecular complexity index is 744. The van der Waals surface area contributed by atoms with Crippen LogP contribution in [-0.4, -0.2) is 17.9 Å². The van der Waals surface area contributed by atoms with Gasteiger partial charge in [-0.25, -0.2) is 4.39 Å². The summed E-state index contributed by atoms with van der Waals surface area (Å²) in [6.45, 7) is 4.95. The van der Waals surface area contributed by atoms with Crippen LogP contribution in [-0.2, 0) is 9.59 Å². The molecule has 2 aromatic carbocycles. The molecule has 3 N–H and O–H groups in total. The van der Waals surface area contributed by atoms with Crippen molar-refractivity contribution in [3.05, 3.63) is 53.8 Å². The predicted molar refractivity (Wildman–Crippen MR) is 93.6 cm³/mol. The molecule has 24 heavy (non-hydrogen) atoms. The molecule has 6 heteroatoms. The van der Waals surface area contributed by atoms with Crippen molar-refractivity contribution < 1.29 is 14.0 Å². The van der Waals surface area contributed by atoms with Gasteiger partial charge in [-0.05, 0) is 55.8 Å². The van der Waals surface area contributed by atoms with Crippen molar-refractivity contribution in [3.63, 3.8) is 0 Å². The summed E-state index contributed by atoms with van der Waals surface area (Å²) >= 11 is 0. The number of nitrogens with one attached hydrogen (secondary N) is 3. The zero-order valence-corrected chi connectivity index (χ0v) is 13.8. The summed E-state index contributed by atoms with van der Waals surface area (Å²) < 4.78 is 13.3. The summed E-state index contributed by atoms with van der Waals surface area (Å²) in [6, 6.07) is 10.8. The third-order valence-electron chi connectivity index (χ3n) is 3.44. The van der Waals surface area contributed by atoms with Crippen molar-refractivity contribution in [3.8, 4) is 0 Å². The highest BCUT2D eigenvalue weighted by Gasteiger charge is 2.14. The van der Waals surface area contributed by atoms with Crippen LogP contribution in [0.5, 0.6) is 0 Å². The standard InChI is InChI=1S/C18H20FN3O2/c1-11-4-5-14(19)10-17(11)22-18(24)12(2)20-15-6-8-16(9-7-15)21-13(3)23/h4-10,12,20H,1-3H3,(H,21,23)(H,22,24). The minimum Gasteiger partial charge on any atom is -0.374 e. The van der Waals surface area contributed by atoms with E-state index in [0.717, 1.165) is 11.3 Å². The van der Waals surface area contributed by atoms with Gasteiger partial charge in [-0.2, -0.15) is 0 Å². The molecule has 2 amide bonds. The first-order valence-electron chi connectivity index (χ1n) is 7.56. The van der Waals surface area contributed by atoms with Crippen LogP contribution in [0.2, 0.25) is 0 Å². The SMILES string of the molecule is CC(=O)Nc1ccc(NC(C)C(=O)Nc2cc(F)ccc2C)cc1. The second-order valence-electron chi connectivity index (χ2n) is 5.57. The van der Waals surface area contributed by atoms with Gasteiger partial charge in [0.05, 0.1) is 0 Å². The van der Waals surface area contributed by atoms with E-state index in [-0.39, 0.29) is 11.8 Å². The van der Waals surface area contributed by atoms with Crippen molar-refractivity contribution in [2.75, 3.05) is 16.0 Å². The maximum Gasteiger partial charge on any atom is 0.246 e. The van der Waals surface area contributed by atoms with Crippen LogP contribution in [0.25, 0.3) is 0 Å². The maximum atomic E-state index is 13.3. The fourth-order valence-electron chi connectivity index (χ4n) is 2.14. The largest absolute Gasteiger partial charge is 0.374 e. The van der Waals surface area contributed by atoms with Crippen molar-refractivity contribution >= 4 is 28.9 Å². The van der Waals surface area contributed by atoms with Crippen LogP contribution in [0.1, 0.15) is 19.4 Å². The summed E-state index contributed by atoms with van der Waals surface area (Å²) in [5, 5.41) is 8.44. The van der Waals surface area contributed by atoms with E-state index in [1.54, 1.807) is 44.2 Å². The Kier molecular flexibility index (Phi) is 5.52. The van der Waals surface area contributed by atoms with Crippen LogP contribution in [0, 0.1) is 12.7 Å². The average Bonchev–Trinajstić information content (AvgIpc) is 2.52. The smallest absolute Gasteiger partial charge is 0.246 e. The Hall–Kier alpha value is -2.89. The molecule has 126 valence electrons. The first-order valence-corrected chi connectivity index (χ1v) is 7.56. The van der Waals surface area contributed by atoms with E-state index in [1.165, 1.54) is 19.1 Å². The molecule has 0 heterocycles. The van der Waals surface area contributed by atoms with Gasteiger partial charge in [-0.15, -0.1) is 0 Å². The molecule has 0 aliphatic heterocycles. The number of hydrogen-bond acceptors (Lipinski definition) is 3. The maximum absolute atomic E-state index is 13.3. The molecule has 0 saturated heterocycles. The van der Waals surface area contributed by atoms with Gasteiger partial charge in [0.25, 0.3) is 0 Å². The number of benzene rings is 2. The third kappa shape index (κ3) is 4.81. The molecule has 2 rings (SSSR count). The van der Waals surface area contributed by atoms with Gasteiger partial charge in [0.15, 0.2) is 0 Å². The highest BCUT2D eigenvalue weighted by Crippen LogP contribution is 2.18. The Labute approximate surface area is 140 Å². The van der Waals surface area contributed by atoms with E-state index in [9.17, 15) is 14.0 Å². The first-order chi connectivity index (χ1) is 11.3. The van der Waals surface area contributed by atoms with Crippen molar-refractivity contribution in [1.29, 1.82) is 0 Å². The average molecular weight is 329 g/mol. The lowest BCUT2D eigenvalue weighted by Crippen LogP contribution is -2.32. The molecule has 0 bridgehead atoms. The quantitative estimate of drug-likeness (QED) is 0.786. The fraction of sp³-hybridized carbons (Fsp3) is 0.222. The number of hydrogen-bond donors (Lipinski definition) is 3. The summed E-state index contributed by atoms with van der Waals surface area (Å²) in [7, 11) is 0. The number of rotatable bonds is 5. The highest BCUT2D eigenvalue weighted by atomic mass is 19.1. The van der Waals surface area contributed by atoms with Crippen molar-refractivity contribution in [2.45, 2.75) is 26.8 Å². The van der Waals surface area contributed by atoms with Crippen LogP contribution >= 0.6 is 0 Å². The second-order valence-corrected chi connectivity index (χ2v) is 5.57. The molecule has 0 spiro atoms. The first kappa shape index (κ1) is 17.5. The van der Waals surface area contributed by atoms with Gasteiger partial charge in [-0.1, -0.05) is 6.07 Å². The molecule has 0 aliphatic rings. The Morgan fingerprint density at radius 1 is 1.00 bits per heavy atom. The molecular formula is C18H20FN3O2. The Morgan fingerprint density at radius 3 is 2.25 bits per heavy atom. The number of aryl methyl sites for hydroxylation is 1. The van der Waals surface area contributed by atoms with E-state index >= 15 is 0 Å². The van der Waals surface area contributed by atoms with E-state index in [4.69, 9.17) is 0 Å².